The van der Waals surface area contributed by atoms with E-state index in [2.05, 4.69) is 21.2 Å². The fourth-order valence-corrected chi connectivity index (χ4v) is 3.77. The van der Waals surface area contributed by atoms with Gasteiger partial charge >= 0.3 is 12.0 Å². The van der Waals surface area contributed by atoms with Gasteiger partial charge in [-0.05, 0) is 36.1 Å². The fraction of sp³-hybridized carbons (Fsp3) is 0.222. The number of hydrogen-bond acceptors (Lipinski definition) is 4. The Morgan fingerprint density at radius 3 is 2.64 bits per heavy atom. The lowest BCUT2D eigenvalue weighted by atomic mass is 9.95. The molecule has 7 heteroatoms. The second kappa shape index (κ2) is 7.41. The second-order valence-electron chi connectivity index (χ2n) is 5.59. The van der Waals surface area contributed by atoms with E-state index in [1.165, 1.54) is 7.11 Å². The molecule has 1 aliphatic rings. The molecule has 2 amide bonds. The number of allylic oxidation sites excluding steroid dienone is 1. The van der Waals surface area contributed by atoms with Crippen molar-refractivity contribution in [3.63, 3.8) is 0 Å². The molecule has 1 atom stereocenters. The van der Waals surface area contributed by atoms with Crippen molar-refractivity contribution in [2.45, 2.75) is 19.5 Å². The molecule has 0 aliphatic carbocycles. The van der Waals surface area contributed by atoms with Gasteiger partial charge < -0.3 is 10.1 Å². The maximum atomic E-state index is 12.7. The van der Waals surface area contributed by atoms with E-state index in [0.29, 0.717) is 17.8 Å². The average molecular weight is 421 g/mol. The van der Waals surface area contributed by atoms with Crippen LogP contribution in [0.5, 0.6) is 0 Å². The van der Waals surface area contributed by atoms with E-state index in [9.17, 15) is 9.59 Å². The number of nitrogens with zero attached hydrogens (tertiary/aromatic N) is 1. The van der Waals surface area contributed by atoms with Crippen LogP contribution in [0.3, 0.4) is 0 Å². The minimum atomic E-state index is -0.535. The predicted molar refractivity (Wildman–Crippen MR) is 100.0 cm³/mol. The van der Waals surface area contributed by atoms with Crippen molar-refractivity contribution in [2.75, 3.05) is 7.11 Å². The van der Waals surface area contributed by atoms with Gasteiger partial charge in [0.15, 0.2) is 0 Å². The molecule has 0 fully saturated rings. The second-order valence-corrected chi connectivity index (χ2v) is 7.54. The summed E-state index contributed by atoms with van der Waals surface area (Å²) >= 11 is 4.96. The molecule has 0 radical (unpaired) electrons. The van der Waals surface area contributed by atoms with Crippen LogP contribution in [0.25, 0.3) is 0 Å². The Bertz CT molecular complexity index is 815. The number of urea groups is 1. The highest BCUT2D eigenvalue weighted by Gasteiger charge is 2.36. The van der Waals surface area contributed by atoms with Gasteiger partial charge in [-0.15, -0.1) is 11.3 Å². The van der Waals surface area contributed by atoms with E-state index in [1.54, 1.807) is 23.2 Å². The van der Waals surface area contributed by atoms with Crippen LogP contribution in [0.4, 0.5) is 4.79 Å². The molecule has 1 N–H and O–H groups in total. The topological polar surface area (TPSA) is 58.6 Å². The fourth-order valence-electron chi connectivity index (χ4n) is 2.81. The molecule has 0 spiro atoms. The van der Waals surface area contributed by atoms with Gasteiger partial charge in [-0.3, -0.25) is 4.90 Å². The lowest BCUT2D eigenvalue weighted by Crippen LogP contribution is -2.47. The molecule has 1 unspecified atom stereocenters. The van der Waals surface area contributed by atoms with E-state index < -0.39 is 12.0 Å². The highest BCUT2D eigenvalue weighted by molar-refractivity contribution is 9.10. The summed E-state index contributed by atoms with van der Waals surface area (Å²) in [6.07, 6.45) is 0. The summed E-state index contributed by atoms with van der Waals surface area (Å²) < 4.78 is 5.90. The highest BCUT2D eigenvalue weighted by atomic mass is 79.9. The third kappa shape index (κ3) is 3.62. The van der Waals surface area contributed by atoms with E-state index in [0.717, 1.165) is 14.9 Å². The Morgan fingerprint density at radius 1 is 1.32 bits per heavy atom. The molecule has 0 saturated carbocycles. The molecule has 1 aliphatic heterocycles. The van der Waals surface area contributed by atoms with Crippen LogP contribution in [0, 0.1) is 0 Å². The summed E-state index contributed by atoms with van der Waals surface area (Å²) in [7, 11) is 1.35. The molecule has 0 saturated heterocycles. The molecule has 2 heterocycles. The van der Waals surface area contributed by atoms with Crippen LogP contribution in [-0.2, 0) is 16.1 Å². The maximum Gasteiger partial charge on any atom is 0.337 e. The van der Waals surface area contributed by atoms with Crippen molar-refractivity contribution in [1.82, 2.24) is 10.2 Å². The smallest absolute Gasteiger partial charge is 0.337 e. The lowest BCUT2D eigenvalue weighted by Gasteiger charge is -2.35. The number of methoxy groups -OCH3 is 1. The van der Waals surface area contributed by atoms with E-state index >= 15 is 0 Å². The number of rotatable bonds is 4. The first-order chi connectivity index (χ1) is 12.0. The maximum absolute atomic E-state index is 12.7. The van der Waals surface area contributed by atoms with Gasteiger partial charge in [-0.2, -0.15) is 0 Å². The van der Waals surface area contributed by atoms with Crippen LogP contribution >= 0.6 is 27.3 Å². The van der Waals surface area contributed by atoms with Crippen LogP contribution < -0.4 is 5.32 Å². The Balaban J connectivity index is 2.02. The van der Waals surface area contributed by atoms with Crippen LogP contribution in [0.15, 0.2) is 57.5 Å². The van der Waals surface area contributed by atoms with Gasteiger partial charge in [0.2, 0.25) is 0 Å². The minimum absolute atomic E-state index is 0.230. The molecular formula is C18H17BrN2O3S. The Labute approximate surface area is 158 Å². The van der Waals surface area contributed by atoms with Crippen molar-refractivity contribution in [3.05, 3.63) is 68.0 Å². The quantitative estimate of drug-likeness (QED) is 0.752. The Hall–Kier alpha value is -2.12. The van der Waals surface area contributed by atoms with Crippen molar-refractivity contribution in [1.29, 1.82) is 0 Å². The molecule has 25 heavy (non-hydrogen) atoms. The van der Waals surface area contributed by atoms with Crippen LogP contribution in [0.1, 0.15) is 23.4 Å². The largest absolute Gasteiger partial charge is 0.466 e. The number of carbonyl (C=O) groups is 2. The molecule has 1 aromatic heterocycles. The summed E-state index contributed by atoms with van der Waals surface area (Å²) in [5.41, 5.74) is 1.88. The predicted octanol–water partition coefficient (Wildman–Crippen LogP) is 4.22. The summed E-state index contributed by atoms with van der Waals surface area (Å²) in [5.74, 6) is -0.443. The van der Waals surface area contributed by atoms with Gasteiger partial charge in [-0.25, -0.2) is 9.59 Å². The summed E-state index contributed by atoms with van der Waals surface area (Å²) in [6, 6.07) is 10.6. The molecular weight excluding hydrogens is 404 g/mol. The lowest BCUT2D eigenvalue weighted by molar-refractivity contribution is -0.136. The minimum Gasteiger partial charge on any atom is -0.466 e. The van der Waals surface area contributed by atoms with Crippen molar-refractivity contribution in [2.24, 2.45) is 0 Å². The van der Waals surface area contributed by atoms with Gasteiger partial charge in [0.05, 0.1) is 25.3 Å². The molecule has 0 bridgehead atoms. The highest BCUT2D eigenvalue weighted by Crippen LogP contribution is 2.32. The standard InChI is InChI=1S/C18H17BrN2O3S/c1-11-15(17(22)24-2)16(12-5-7-13(19)8-6-12)20-18(23)21(11)10-14-4-3-9-25-14/h3-9,16H,10H2,1-2H3,(H,20,23). The molecule has 1 aromatic carbocycles. The Morgan fingerprint density at radius 2 is 2.04 bits per heavy atom. The first kappa shape index (κ1) is 17.7. The van der Waals surface area contributed by atoms with Crippen molar-refractivity contribution < 1.29 is 14.3 Å². The number of hydrogen-bond donors (Lipinski definition) is 1. The van der Waals surface area contributed by atoms with Gasteiger partial charge in [0.25, 0.3) is 0 Å². The normalized spacial score (nSPS) is 17.5. The van der Waals surface area contributed by atoms with Gasteiger partial charge in [-0.1, -0.05) is 34.1 Å². The zero-order valence-corrected chi connectivity index (χ0v) is 16.2. The summed E-state index contributed by atoms with van der Waals surface area (Å²) in [5, 5.41) is 4.89. The number of esters is 1. The number of nitrogens with one attached hydrogen (secondary N) is 1. The number of carbonyl (C=O) groups excluding carboxylic acids is 2. The monoisotopic (exact) mass is 420 g/mol. The van der Waals surface area contributed by atoms with Crippen molar-refractivity contribution >= 4 is 39.3 Å². The van der Waals surface area contributed by atoms with E-state index in [1.807, 2.05) is 41.8 Å². The van der Waals surface area contributed by atoms with Crippen molar-refractivity contribution in [3.8, 4) is 0 Å². The molecule has 3 rings (SSSR count). The molecule has 130 valence electrons. The Kier molecular flexibility index (Phi) is 5.24. The number of halogens is 1. The third-order valence-electron chi connectivity index (χ3n) is 4.10. The first-order valence-electron chi connectivity index (χ1n) is 7.66. The zero-order valence-electron chi connectivity index (χ0n) is 13.8. The summed E-state index contributed by atoms with van der Waals surface area (Å²) in [4.78, 5) is 27.7. The van der Waals surface area contributed by atoms with E-state index in [4.69, 9.17) is 4.74 Å². The number of ether oxygens (including phenoxy) is 1. The number of amides is 2. The van der Waals surface area contributed by atoms with Crippen LogP contribution in [0.2, 0.25) is 0 Å². The van der Waals surface area contributed by atoms with Gasteiger partial charge in [0.1, 0.15) is 0 Å². The number of thiophene rings is 1. The van der Waals surface area contributed by atoms with Crippen LogP contribution in [-0.4, -0.2) is 24.0 Å². The average Bonchev–Trinajstić information content (AvgIpc) is 3.11. The third-order valence-corrected chi connectivity index (χ3v) is 5.49. The van der Waals surface area contributed by atoms with E-state index in [-0.39, 0.29) is 6.03 Å². The molecule has 5 nitrogen and oxygen atoms in total. The zero-order chi connectivity index (χ0) is 18.0. The summed E-state index contributed by atoms with van der Waals surface area (Å²) in [6.45, 7) is 2.20. The SMILES string of the molecule is COC(=O)C1=C(C)N(Cc2cccs2)C(=O)NC1c1ccc(Br)cc1. The van der Waals surface area contributed by atoms with Gasteiger partial charge in [0, 0.05) is 15.0 Å². The number of benzene rings is 1. The first-order valence-corrected chi connectivity index (χ1v) is 9.33. The molecule has 2 aromatic rings.